The summed E-state index contributed by atoms with van der Waals surface area (Å²) >= 11 is 0. The van der Waals surface area contributed by atoms with Crippen LogP contribution < -0.4 is 9.64 Å². The van der Waals surface area contributed by atoms with Crippen LogP contribution in [0.25, 0.3) is 0 Å². The van der Waals surface area contributed by atoms with Crippen molar-refractivity contribution in [2.24, 2.45) is 22.7 Å². The predicted molar refractivity (Wildman–Crippen MR) is 100 cm³/mol. The van der Waals surface area contributed by atoms with Crippen molar-refractivity contribution in [3.8, 4) is 5.75 Å². The van der Waals surface area contributed by atoms with Crippen LogP contribution >= 0.6 is 0 Å². The van der Waals surface area contributed by atoms with Gasteiger partial charge in [0.25, 0.3) is 6.02 Å². The van der Waals surface area contributed by atoms with Gasteiger partial charge >= 0.3 is 0 Å². The minimum Gasteiger partial charge on any atom is -0.494 e. The molecule has 5 nitrogen and oxygen atoms in total. The first-order chi connectivity index (χ1) is 12.2. The zero-order chi connectivity index (χ0) is 17.4. The Bertz CT molecular complexity index is 630. The number of fused-ring (bicyclic) bond motifs is 4. The molecule has 0 aromatic heterocycles. The highest BCUT2D eigenvalue weighted by Gasteiger charge is 2.44. The summed E-state index contributed by atoms with van der Waals surface area (Å²) in [6, 6.07) is 9.94. The Morgan fingerprint density at radius 1 is 1.12 bits per heavy atom. The molecule has 136 valence electrons. The van der Waals surface area contributed by atoms with Gasteiger partial charge in [0, 0.05) is 31.4 Å². The molecule has 0 amide bonds. The average molecular weight is 343 g/mol. The average Bonchev–Trinajstić information content (AvgIpc) is 3.05. The van der Waals surface area contributed by atoms with Crippen molar-refractivity contribution in [3.63, 3.8) is 0 Å². The quantitative estimate of drug-likeness (QED) is 0.846. The lowest BCUT2D eigenvalue weighted by molar-refractivity contribution is 0.206. The van der Waals surface area contributed by atoms with Crippen LogP contribution in [-0.4, -0.2) is 56.4 Å². The number of piperidine rings is 1. The van der Waals surface area contributed by atoms with Crippen molar-refractivity contribution in [2.75, 3.05) is 44.3 Å². The van der Waals surface area contributed by atoms with Crippen molar-refractivity contribution in [2.45, 2.75) is 26.8 Å². The van der Waals surface area contributed by atoms with E-state index in [1.807, 2.05) is 6.92 Å². The minimum atomic E-state index is 0.485. The van der Waals surface area contributed by atoms with Gasteiger partial charge in [0.15, 0.2) is 0 Å². The fraction of sp³-hybridized carbons (Fsp3) is 0.650. The molecule has 4 heterocycles. The van der Waals surface area contributed by atoms with E-state index in [4.69, 9.17) is 9.47 Å². The molecule has 2 bridgehead atoms. The number of amidine groups is 1. The Morgan fingerprint density at radius 3 is 2.60 bits per heavy atom. The molecule has 5 heteroatoms. The second-order valence-corrected chi connectivity index (χ2v) is 7.54. The summed E-state index contributed by atoms with van der Waals surface area (Å²) in [7, 11) is 0. The molecule has 0 N–H and O–H groups in total. The fourth-order valence-electron chi connectivity index (χ4n) is 4.56. The molecule has 4 aliphatic rings. The van der Waals surface area contributed by atoms with Crippen LogP contribution in [0.15, 0.2) is 29.3 Å². The van der Waals surface area contributed by atoms with Gasteiger partial charge in [-0.05, 0) is 48.9 Å². The Hall–Kier alpha value is -1.91. The maximum absolute atomic E-state index is 5.77. The third-order valence-corrected chi connectivity index (χ3v) is 6.19. The molecule has 4 aliphatic heterocycles. The van der Waals surface area contributed by atoms with Gasteiger partial charge in [-0.1, -0.05) is 13.8 Å². The summed E-state index contributed by atoms with van der Waals surface area (Å²) in [5.41, 5.74) is 1.30. The van der Waals surface area contributed by atoms with Crippen LogP contribution in [0.1, 0.15) is 20.8 Å². The number of nitrogens with zero attached hydrogens (tertiary/aromatic N) is 3. The van der Waals surface area contributed by atoms with Gasteiger partial charge in [-0.15, -0.1) is 0 Å². The Kier molecular flexibility index (Phi) is 4.48. The SMILES string of the molecule is CCOc1ccc(N2C[C@H]3CN(C4=NCCO4)C[C@@H]2C(C)[C@H]3C)cc1. The van der Waals surface area contributed by atoms with Crippen LogP contribution in [-0.2, 0) is 4.74 Å². The predicted octanol–water partition coefficient (Wildman–Crippen LogP) is 2.86. The second kappa shape index (κ2) is 6.77. The van der Waals surface area contributed by atoms with Crippen LogP contribution in [0.3, 0.4) is 0 Å². The lowest BCUT2D eigenvalue weighted by atomic mass is 9.76. The first kappa shape index (κ1) is 16.6. The van der Waals surface area contributed by atoms with E-state index in [1.54, 1.807) is 0 Å². The molecule has 3 saturated heterocycles. The van der Waals surface area contributed by atoms with Gasteiger partial charge < -0.3 is 19.3 Å². The van der Waals surface area contributed by atoms with Gasteiger partial charge in [-0.3, -0.25) is 0 Å². The Morgan fingerprint density at radius 2 is 1.92 bits per heavy atom. The van der Waals surface area contributed by atoms with E-state index >= 15 is 0 Å². The van der Waals surface area contributed by atoms with Crippen LogP contribution in [0.4, 0.5) is 5.69 Å². The fourth-order valence-corrected chi connectivity index (χ4v) is 4.56. The van der Waals surface area contributed by atoms with Crippen molar-refractivity contribution >= 4 is 11.7 Å². The molecular weight excluding hydrogens is 314 g/mol. The zero-order valence-corrected chi connectivity index (χ0v) is 15.5. The van der Waals surface area contributed by atoms with E-state index in [1.165, 1.54) is 5.69 Å². The summed E-state index contributed by atoms with van der Waals surface area (Å²) in [6.45, 7) is 12.2. The smallest absolute Gasteiger partial charge is 0.287 e. The molecule has 25 heavy (non-hydrogen) atoms. The van der Waals surface area contributed by atoms with E-state index in [0.29, 0.717) is 24.5 Å². The highest BCUT2D eigenvalue weighted by molar-refractivity contribution is 5.75. The molecule has 0 spiro atoms. The molecule has 5 rings (SSSR count). The number of hydrogen-bond donors (Lipinski definition) is 0. The number of ether oxygens (including phenoxy) is 2. The van der Waals surface area contributed by atoms with Gasteiger partial charge in [-0.2, -0.15) is 0 Å². The first-order valence-corrected chi connectivity index (χ1v) is 9.59. The first-order valence-electron chi connectivity index (χ1n) is 9.59. The monoisotopic (exact) mass is 343 g/mol. The van der Waals surface area contributed by atoms with E-state index in [9.17, 15) is 0 Å². The van der Waals surface area contributed by atoms with Crippen molar-refractivity contribution in [1.82, 2.24) is 4.90 Å². The molecular formula is C20H29N3O2. The van der Waals surface area contributed by atoms with Gasteiger partial charge in [0.2, 0.25) is 0 Å². The standard InChI is InChI=1S/C20H29N3O2/c1-4-24-18-7-5-17(6-8-18)23-12-16-11-22(20-21-9-10-25-20)13-19(23)15(3)14(16)2/h5-8,14-16,19H,4,9-13H2,1-3H3/t14-,15?,16-,19-/m1/s1. The van der Waals surface area contributed by atoms with E-state index in [0.717, 1.165) is 50.5 Å². The van der Waals surface area contributed by atoms with Gasteiger partial charge in [0.1, 0.15) is 12.4 Å². The van der Waals surface area contributed by atoms with Crippen LogP contribution in [0.2, 0.25) is 0 Å². The topological polar surface area (TPSA) is 37.3 Å². The van der Waals surface area contributed by atoms with Gasteiger partial charge in [0.05, 0.1) is 13.2 Å². The van der Waals surface area contributed by atoms with Crippen LogP contribution in [0.5, 0.6) is 5.75 Å². The molecule has 1 aromatic carbocycles. The van der Waals surface area contributed by atoms with Crippen molar-refractivity contribution < 1.29 is 9.47 Å². The second-order valence-electron chi connectivity index (χ2n) is 7.54. The molecule has 0 aliphatic carbocycles. The molecule has 3 fully saturated rings. The van der Waals surface area contributed by atoms with Crippen LogP contribution in [0, 0.1) is 17.8 Å². The summed E-state index contributed by atoms with van der Waals surface area (Å²) < 4.78 is 11.4. The third-order valence-electron chi connectivity index (χ3n) is 6.19. The summed E-state index contributed by atoms with van der Waals surface area (Å²) in [6.07, 6.45) is 0. The molecule has 4 atom stereocenters. The molecule has 0 saturated carbocycles. The molecule has 0 radical (unpaired) electrons. The number of rotatable bonds is 3. The largest absolute Gasteiger partial charge is 0.494 e. The maximum atomic E-state index is 5.77. The highest BCUT2D eigenvalue weighted by atomic mass is 16.5. The number of benzene rings is 1. The Balaban J connectivity index is 1.59. The Labute approximate surface area is 150 Å². The maximum Gasteiger partial charge on any atom is 0.287 e. The zero-order valence-electron chi connectivity index (χ0n) is 15.5. The van der Waals surface area contributed by atoms with Crippen molar-refractivity contribution in [3.05, 3.63) is 24.3 Å². The summed E-state index contributed by atoms with van der Waals surface area (Å²) in [4.78, 5) is 9.55. The number of anilines is 1. The minimum absolute atomic E-state index is 0.485. The number of hydrogen-bond acceptors (Lipinski definition) is 5. The van der Waals surface area contributed by atoms with E-state index < -0.39 is 0 Å². The summed E-state index contributed by atoms with van der Waals surface area (Å²) in [5, 5.41) is 0. The third kappa shape index (κ3) is 3.05. The lowest BCUT2D eigenvalue weighted by Crippen LogP contribution is -2.52. The van der Waals surface area contributed by atoms with E-state index in [2.05, 4.69) is 52.9 Å². The normalized spacial score (nSPS) is 31.6. The van der Waals surface area contributed by atoms with Crippen molar-refractivity contribution in [1.29, 1.82) is 0 Å². The lowest BCUT2D eigenvalue weighted by Gasteiger charge is -2.45. The van der Waals surface area contributed by atoms with Gasteiger partial charge in [-0.25, -0.2) is 4.99 Å². The molecule has 1 unspecified atom stereocenters. The van der Waals surface area contributed by atoms with E-state index in [-0.39, 0.29) is 0 Å². The molecule has 1 aromatic rings. The number of aliphatic imine (C=N–C) groups is 1. The highest BCUT2D eigenvalue weighted by Crippen LogP contribution is 2.40. The summed E-state index contributed by atoms with van der Waals surface area (Å²) in [5.74, 6) is 2.95.